The fraction of sp³-hybridized carbons (Fsp3) is 0.545. The van der Waals surface area contributed by atoms with Crippen molar-refractivity contribution in [1.29, 1.82) is 0 Å². The molecule has 0 aromatic carbocycles. The molecule has 1 saturated carbocycles. The summed E-state index contributed by atoms with van der Waals surface area (Å²) in [7, 11) is 0. The van der Waals surface area contributed by atoms with E-state index in [0.717, 1.165) is 0 Å². The molecule has 0 amide bonds. The van der Waals surface area contributed by atoms with Crippen molar-refractivity contribution in [3.05, 3.63) is 22.6 Å². The topological polar surface area (TPSA) is 70.7 Å². The zero-order chi connectivity index (χ0) is 11.8. The normalized spacial score (nSPS) is 30.2. The van der Waals surface area contributed by atoms with Gasteiger partial charge in [-0.25, -0.2) is 0 Å². The van der Waals surface area contributed by atoms with Crippen molar-refractivity contribution < 1.29 is 19.4 Å². The Morgan fingerprint density at radius 1 is 1.44 bits per heavy atom. The summed E-state index contributed by atoms with van der Waals surface area (Å²) in [5, 5.41) is 18.8. The first kappa shape index (κ1) is 11.7. The number of aliphatic carboxylic acids is 1. The molecule has 5 heteroatoms. The minimum absolute atomic E-state index is 0.383. The van der Waals surface area contributed by atoms with Crippen LogP contribution in [0.25, 0.3) is 0 Å². The van der Waals surface area contributed by atoms with E-state index in [9.17, 15) is 15.0 Å². The number of carboxylic acids is 1. The summed E-state index contributed by atoms with van der Waals surface area (Å²) in [5.41, 5.74) is -0.967. The lowest BCUT2D eigenvalue weighted by Crippen LogP contribution is -2.40. The molecule has 1 aliphatic rings. The van der Waals surface area contributed by atoms with Crippen LogP contribution in [-0.4, -0.2) is 22.3 Å². The minimum atomic E-state index is -0.967. The summed E-state index contributed by atoms with van der Waals surface area (Å²) in [6.45, 7) is 0. The molecule has 0 spiro atoms. The number of hydrogen-bond acceptors (Lipinski definition) is 3. The highest BCUT2D eigenvalue weighted by molar-refractivity contribution is 9.10. The Morgan fingerprint density at radius 3 is 2.50 bits per heavy atom. The predicted molar refractivity (Wildman–Crippen MR) is 60.2 cm³/mol. The van der Waals surface area contributed by atoms with E-state index in [1.165, 1.54) is 0 Å². The summed E-state index contributed by atoms with van der Waals surface area (Å²) >= 11 is 3.17. The van der Waals surface area contributed by atoms with Crippen molar-refractivity contribution >= 4 is 21.9 Å². The molecule has 4 nitrogen and oxygen atoms in total. The van der Waals surface area contributed by atoms with E-state index in [1.54, 1.807) is 12.1 Å². The van der Waals surface area contributed by atoms with Crippen LogP contribution in [0.15, 0.2) is 21.2 Å². The van der Waals surface area contributed by atoms with Crippen molar-refractivity contribution in [2.45, 2.75) is 37.2 Å². The van der Waals surface area contributed by atoms with Crippen molar-refractivity contribution in [2.24, 2.45) is 0 Å². The Labute approximate surface area is 101 Å². The van der Waals surface area contributed by atoms with Crippen LogP contribution in [0.5, 0.6) is 0 Å². The second kappa shape index (κ2) is 4.22. The molecule has 0 radical (unpaired) electrons. The standard InChI is InChI=1S/C11H13BrO4/c12-9-2-1-8(16-9)11(10(14)15)5-3-7(13)4-6-11/h1-2,7,13H,3-6H2,(H,14,15). The van der Waals surface area contributed by atoms with E-state index in [4.69, 9.17) is 4.42 Å². The zero-order valence-corrected chi connectivity index (χ0v) is 10.2. The molecule has 0 atom stereocenters. The number of aliphatic hydroxyl groups excluding tert-OH is 1. The summed E-state index contributed by atoms with van der Waals surface area (Å²) in [4.78, 5) is 11.4. The number of carboxylic acid groups (broad SMARTS) is 1. The van der Waals surface area contributed by atoms with Gasteiger partial charge in [0.25, 0.3) is 0 Å². The van der Waals surface area contributed by atoms with Gasteiger partial charge < -0.3 is 14.6 Å². The van der Waals surface area contributed by atoms with Crippen molar-refractivity contribution in [3.63, 3.8) is 0 Å². The summed E-state index contributed by atoms with van der Waals surface area (Å²) in [6.07, 6.45) is 1.47. The van der Waals surface area contributed by atoms with Gasteiger partial charge in [0, 0.05) is 0 Å². The molecule has 0 aliphatic heterocycles. The maximum absolute atomic E-state index is 11.4. The van der Waals surface area contributed by atoms with Crippen LogP contribution in [0.2, 0.25) is 0 Å². The van der Waals surface area contributed by atoms with Gasteiger partial charge in [-0.3, -0.25) is 4.79 Å². The zero-order valence-electron chi connectivity index (χ0n) is 8.65. The Kier molecular flexibility index (Phi) is 3.08. The maximum Gasteiger partial charge on any atom is 0.317 e. The lowest BCUT2D eigenvalue weighted by molar-refractivity contribution is -0.147. The summed E-state index contributed by atoms with van der Waals surface area (Å²) < 4.78 is 5.91. The van der Waals surface area contributed by atoms with Crippen LogP contribution in [0.3, 0.4) is 0 Å². The molecule has 0 bridgehead atoms. The van der Waals surface area contributed by atoms with E-state index in [-0.39, 0.29) is 6.10 Å². The molecule has 1 aromatic heterocycles. The van der Waals surface area contributed by atoms with Gasteiger partial charge >= 0.3 is 5.97 Å². The lowest BCUT2D eigenvalue weighted by Gasteiger charge is -2.33. The van der Waals surface area contributed by atoms with Crippen LogP contribution in [-0.2, 0) is 10.2 Å². The highest BCUT2D eigenvalue weighted by Crippen LogP contribution is 2.41. The van der Waals surface area contributed by atoms with Crippen LogP contribution in [0.1, 0.15) is 31.4 Å². The van der Waals surface area contributed by atoms with Gasteiger partial charge in [0.05, 0.1) is 6.10 Å². The van der Waals surface area contributed by atoms with E-state index >= 15 is 0 Å². The third-order valence-electron chi connectivity index (χ3n) is 3.26. The second-order valence-corrected chi connectivity index (χ2v) is 5.00. The fourth-order valence-electron chi connectivity index (χ4n) is 2.23. The third kappa shape index (κ3) is 1.89. The second-order valence-electron chi connectivity index (χ2n) is 4.22. The number of rotatable bonds is 2. The molecule has 2 N–H and O–H groups in total. The summed E-state index contributed by atoms with van der Waals surface area (Å²) in [5.74, 6) is -0.403. The van der Waals surface area contributed by atoms with E-state index in [0.29, 0.717) is 36.1 Å². The number of aliphatic hydroxyl groups is 1. The van der Waals surface area contributed by atoms with Gasteiger partial charge in [-0.05, 0) is 53.7 Å². The molecule has 1 aliphatic carbocycles. The number of hydrogen-bond donors (Lipinski definition) is 2. The molecule has 0 saturated heterocycles. The number of carbonyl (C=O) groups is 1. The number of furan rings is 1. The molecule has 0 unspecified atom stereocenters. The molecule has 1 aromatic rings. The SMILES string of the molecule is O=C(O)C1(c2ccc(Br)o2)CCC(O)CC1. The van der Waals surface area contributed by atoms with Crippen LogP contribution in [0, 0.1) is 0 Å². The minimum Gasteiger partial charge on any atom is -0.480 e. The maximum atomic E-state index is 11.4. The molecule has 1 heterocycles. The Hall–Kier alpha value is -0.810. The van der Waals surface area contributed by atoms with Crippen molar-refractivity contribution in [1.82, 2.24) is 0 Å². The Morgan fingerprint density at radius 2 is 2.06 bits per heavy atom. The van der Waals surface area contributed by atoms with Crippen molar-refractivity contribution in [3.8, 4) is 0 Å². The van der Waals surface area contributed by atoms with Gasteiger partial charge in [0.1, 0.15) is 11.2 Å². The quantitative estimate of drug-likeness (QED) is 0.876. The summed E-state index contributed by atoms with van der Waals surface area (Å²) in [6, 6.07) is 3.39. The van der Waals surface area contributed by atoms with E-state index < -0.39 is 11.4 Å². The average molecular weight is 289 g/mol. The van der Waals surface area contributed by atoms with Crippen LogP contribution < -0.4 is 0 Å². The fourth-order valence-corrected chi connectivity index (χ4v) is 2.54. The van der Waals surface area contributed by atoms with Gasteiger partial charge in [0.15, 0.2) is 4.67 Å². The monoisotopic (exact) mass is 288 g/mol. The van der Waals surface area contributed by atoms with Gasteiger partial charge in [-0.15, -0.1) is 0 Å². The molecular formula is C11H13BrO4. The largest absolute Gasteiger partial charge is 0.480 e. The van der Waals surface area contributed by atoms with Gasteiger partial charge in [0.2, 0.25) is 0 Å². The molecule has 88 valence electrons. The first-order chi connectivity index (χ1) is 7.54. The predicted octanol–water partition coefficient (Wildman–Crippen LogP) is 2.30. The van der Waals surface area contributed by atoms with Crippen LogP contribution in [0.4, 0.5) is 0 Å². The first-order valence-electron chi connectivity index (χ1n) is 5.22. The third-order valence-corrected chi connectivity index (χ3v) is 3.69. The molecular weight excluding hydrogens is 276 g/mol. The highest BCUT2D eigenvalue weighted by atomic mass is 79.9. The Balaban J connectivity index is 2.33. The van der Waals surface area contributed by atoms with Gasteiger partial charge in [-0.2, -0.15) is 0 Å². The Bertz CT molecular complexity index is 390. The van der Waals surface area contributed by atoms with Crippen LogP contribution >= 0.6 is 15.9 Å². The lowest BCUT2D eigenvalue weighted by atomic mass is 9.71. The molecule has 1 fully saturated rings. The smallest absolute Gasteiger partial charge is 0.317 e. The van der Waals surface area contributed by atoms with E-state index in [2.05, 4.69) is 15.9 Å². The van der Waals surface area contributed by atoms with Crippen molar-refractivity contribution in [2.75, 3.05) is 0 Å². The average Bonchev–Trinajstić information content (AvgIpc) is 2.66. The first-order valence-corrected chi connectivity index (χ1v) is 6.01. The van der Waals surface area contributed by atoms with Gasteiger partial charge in [-0.1, -0.05) is 0 Å². The molecule has 2 rings (SSSR count). The number of halogens is 1. The highest BCUT2D eigenvalue weighted by Gasteiger charge is 2.45. The molecule has 16 heavy (non-hydrogen) atoms. The van der Waals surface area contributed by atoms with E-state index in [1.807, 2.05) is 0 Å².